The minimum Gasteiger partial charge on any atom is -0.376 e. The van der Waals surface area contributed by atoms with Crippen LogP contribution < -0.4 is 4.90 Å². The van der Waals surface area contributed by atoms with Gasteiger partial charge in [-0.2, -0.15) is 5.10 Å². The highest BCUT2D eigenvalue weighted by atomic mass is 32.2. The van der Waals surface area contributed by atoms with Crippen molar-refractivity contribution in [1.82, 2.24) is 15.1 Å². The molecule has 0 spiro atoms. The van der Waals surface area contributed by atoms with Gasteiger partial charge in [0.1, 0.15) is 5.03 Å². The van der Waals surface area contributed by atoms with Gasteiger partial charge in [0, 0.05) is 55.3 Å². The van der Waals surface area contributed by atoms with Gasteiger partial charge < -0.3 is 9.64 Å². The SMILES string of the molecule is Cc1ccc(N2CCN(CCCSc3n[nH]c4c3COCC4)CC2)cc1. The Labute approximate surface area is 160 Å². The number of benzene rings is 1. The number of nitrogens with zero attached hydrogens (tertiary/aromatic N) is 3. The van der Waals surface area contributed by atoms with Gasteiger partial charge in [-0.25, -0.2) is 0 Å². The molecule has 0 bridgehead atoms. The van der Waals surface area contributed by atoms with Crippen LogP contribution in [0.2, 0.25) is 0 Å². The quantitative estimate of drug-likeness (QED) is 0.624. The van der Waals surface area contributed by atoms with Gasteiger partial charge in [0.15, 0.2) is 0 Å². The molecule has 1 fully saturated rings. The fourth-order valence-electron chi connectivity index (χ4n) is 3.65. The lowest BCUT2D eigenvalue weighted by Gasteiger charge is -2.36. The molecule has 2 aliphatic heterocycles. The monoisotopic (exact) mass is 372 g/mol. The van der Waals surface area contributed by atoms with Crippen molar-refractivity contribution in [2.24, 2.45) is 0 Å². The number of aromatic amines is 1. The summed E-state index contributed by atoms with van der Waals surface area (Å²) in [7, 11) is 0. The fraction of sp³-hybridized carbons (Fsp3) is 0.550. The molecule has 1 N–H and O–H groups in total. The van der Waals surface area contributed by atoms with Gasteiger partial charge in [0.2, 0.25) is 0 Å². The zero-order valence-electron chi connectivity index (χ0n) is 15.5. The van der Waals surface area contributed by atoms with Crippen LogP contribution in [0.25, 0.3) is 0 Å². The van der Waals surface area contributed by atoms with Gasteiger partial charge in [-0.3, -0.25) is 10.00 Å². The average Bonchev–Trinajstić information content (AvgIpc) is 3.10. The van der Waals surface area contributed by atoms with Crippen LogP contribution in [0.4, 0.5) is 5.69 Å². The highest BCUT2D eigenvalue weighted by Crippen LogP contribution is 2.27. The van der Waals surface area contributed by atoms with Crippen molar-refractivity contribution < 1.29 is 4.74 Å². The Bertz CT molecular complexity index is 707. The highest BCUT2D eigenvalue weighted by Gasteiger charge is 2.19. The largest absolute Gasteiger partial charge is 0.376 e. The van der Waals surface area contributed by atoms with E-state index in [1.165, 1.54) is 35.5 Å². The molecule has 2 aliphatic rings. The summed E-state index contributed by atoms with van der Waals surface area (Å²) in [5.74, 6) is 1.12. The number of rotatable bonds is 6. The second-order valence-corrected chi connectivity index (χ2v) is 8.24. The number of ether oxygens (including phenoxy) is 1. The third-order valence-electron chi connectivity index (χ3n) is 5.29. The molecule has 3 heterocycles. The molecule has 2 aromatic rings. The van der Waals surface area contributed by atoms with Crippen LogP contribution in [0.5, 0.6) is 0 Å². The standard InChI is InChI=1S/C20H28N4OS/c1-16-3-5-17(6-4-16)24-11-9-23(10-12-24)8-2-14-26-20-18-15-25-13-7-19(18)21-22-20/h3-6H,2,7-15H2,1H3,(H,21,22). The molecule has 4 rings (SSSR count). The lowest BCUT2D eigenvalue weighted by Crippen LogP contribution is -2.46. The van der Waals surface area contributed by atoms with Crippen molar-refractivity contribution in [2.75, 3.05) is 50.0 Å². The second-order valence-electron chi connectivity index (χ2n) is 7.15. The number of aryl methyl sites for hydroxylation is 1. The number of hydrogen-bond donors (Lipinski definition) is 1. The van der Waals surface area contributed by atoms with Crippen molar-refractivity contribution in [3.8, 4) is 0 Å². The molecule has 0 amide bonds. The lowest BCUT2D eigenvalue weighted by molar-refractivity contribution is 0.108. The molecular formula is C20H28N4OS. The number of aromatic nitrogens is 2. The summed E-state index contributed by atoms with van der Waals surface area (Å²) in [5.41, 5.74) is 5.24. The van der Waals surface area contributed by atoms with Gasteiger partial charge in [-0.15, -0.1) is 11.8 Å². The van der Waals surface area contributed by atoms with E-state index >= 15 is 0 Å². The maximum Gasteiger partial charge on any atom is 0.124 e. The van der Waals surface area contributed by atoms with Gasteiger partial charge in [-0.05, 0) is 32.0 Å². The number of nitrogens with one attached hydrogen (secondary N) is 1. The van der Waals surface area contributed by atoms with Crippen LogP contribution in [0.1, 0.15) is 23.2 Å². The number of H-pyrrole nitrogens is 1. The number of fused-ring (bicyclic) bond motifs is 1. The zero-order chi connectivity index (χ0) is 17.8. The number of piperazine rings is 1. The average molecular weight is 373 g/mol. The Morgan fingerprint density at radius 1 is 1.15 bits per heavy atom. The normalized spacial score (nSPS) is 18.1. The van der Waals surface area contributed by atoms with Crippen molar-refractivity contribution in [3.05, 3.63) is 41.1 Å². The lowest BCUT2D eigenvalue weighted by atomic mass is 10.2. The topological polar surface area (TPSA) is 44.4 Å². The van der Waals surface area contributed by atoms with E-state index in [0.717, 1.165) is 56.6 Å². The molecule has 0 radical (unpaired) electrons. The Hall–Kier alpha value is -1.50. The van der Waals surface area contributed by atoms with E-state index in [2.05, 4.69) is 51.2 Å². The third-order valence-corrected chi connectivity index (χ3v) is 6.39. The summed E-state index contributed by atoms with van der Waals surface area (Å²) in [4.78, 5) is 5.09. The minimum atomic E-state index is 0.717. The molecule has 0 saturated carbocycles. The molecule has 1 saturated heterocycles. The molecule has 0 aliphatic carbocycles. The Morgan fingerprint density at radius 2 is 1.96 bits per heavy atom. The summed E-state index contributed by atoms with van der Waals surface area (Å²) in [5, 5.41) is 8.79. The van der Waals surface area contributed by atoms with E-state index in [0.29, 0.717) is 0 Å². The first-order valence-electron chi connectivity index (χ1n) is 9.60. The van der Waals surface area contributed by atoms with E-state index in [-0.39, 0.29) is 0 Å². The molecule has 6 heteroatoms. The van der Waals surface area contributed by atoms with Crippen LogP contribution in [0, 0.1) is 6.92 Å². The predicted octanol–water partition coefficient (Wildman–Crippen LogP) is 3.10. The van der Waals surface area contributed by atoms with Gasteiger partial charge >= 0.3 is 0 Å². The Balaban J connectivity index is 1.17. The van der Waals surface area contributed by atoms with Gasteiger partial charge in [0.25, 0.3) is 0 Å². The Morgan fingerprint density at radius 3 is 2.77 bits per heavy atom. The number of thioether (sulfide) groups is 1. The van der Waals surface area contributed by atoms with Crippen LogP contribution in [-0.4, -0.2) is 60.2 Å². The summed E-state index contributed by atoms with van der Waals surface area (Å²) < 4.78 is 5.56. The first-order valence-corrected chi connectivity index (χ1v) is 10.6. The highest BCUT2D eigenvalue weighted by molar-refractivity contribution is 7.99. The maximum atomic E-state index is 5.56. The third kappa shape index (κ3) is 4.24. The van der Waals surface area contributed by atoms with E-state index in [1.54, 1.807) is 0 Å². The van der Waals surface area contributed by atoms with Crippen LogP contribution in [0.3, 0.4) is 0 Å². The van der Waals surface area contributed by atoms with Crippen LogP contribution in [0.15, 0.2) is 29.3 Å². The van der Waals surface area contributed by atoms with Crippen LogP contribution >= 0.6 is 11.8 Å². The van der Waals surface area contributed by atoms with E-state index in [9.17, 15) is 0 Å². The van der Waals surface area contributed by atoms with Crippen molar-refractivity contribution in [2.45, 2.75) is 31.4 Å². The first-order chi connectivity index (χ1) is 12.8. The van der Waals surface area contributed by atoms with Crippen LogP contribution in [-0.2, 0) is 17.8 Å². The molecule has 1 aromatic heterocycles. The van der Waals surface area contributed by atoms with E-state index in [1.807, 2.05) is 11.8 Å². The van der Waals surface area contributed by atoms with Gasteiger partial charge in [-0.1, -0.05) is 17.7 Å². The summed E-state index contributed by atoms with van der Waals surface area (Å²) in [6.45, 7) is 9.42. The molecule has 140 valence electrons. The zero-order valence-corrected chi connectivity index (χ0v) is 16.4. The summed E-state index contributed by atoms with van der Waals surface area (Å²) in [6.07, 6.45) is 2.17. The van der Waals surface area contributed by atoms with E-state index < -0.39 is 0 Å². The van der Waals surface area contributed by atoms with E-state index in [4.69, 9.17) is 4.74 Å². The molecule has 0 unspecified atom stereocenters. The summed E-state index contributed by atoms with van der Waals surface area (Å²) in [6, 6.07) is 8.90. The molecule has 0 atom stereocenters. The minimum absolute atomic E-state index is 0.717. The fourth-order valence-corrected chi connectivity index (χ4v) is 4.58. The smallest absolute Gasteiger partial charge is 0.124 e. The molecular weight excluding hydrogens is 344 g/mol. The number of anilines is 1. The number of hydrogen-bond acceptors (Lipinski definition) is 5. The molecule has 5 nitrogen and oxygen atoms in total. The van der Waals surface area contributed by atoms with Crippen molar-refractivity contribution in [1.29, 1.82) is 0 Å². The maximum absolute atomic E-state index is 5.56. The summed E-state index contributed by atoms with van der Waals surface area (Å²) >= 11 is 1.87. The second kappa shape index (κ2) is 8.46. The predicted molar refractivity (Wildman–Crippen MR) is 107 cm³/mol. The van der Waals surface area contributed by atoms with Crippen molar-refractivity contribution >= 4 is 17.4 Å². The molecule has 26 heavy (non-hydrogen) atoms. The first kappa shape index (κ1) is 17.9. The van der Waals surface area contributed by atoms with Gasteiger partial charge in [0.05, 0.1) is 13.2 Å². The Kier molecular flexibility index (Phi) is 5.82. The molecule has 1 aromatic carbocycles. The van der Waals surface area contributed by atoms with Crippen molar-refractivity contribution in [3.63, 3.8) is 0 Å².